The number of carbonyl (C=O) groups excluding carboxylic acids is 1. The first-order valence-electron chi connectivity index (χ1n) is 10.8. The number of likely N-dealkylation sites (tertiary alicyclic amines) is 1. The van der Waals surface area contributed by atoms with Gasteiger partial charge in [-0.25, -0.2) is 0 Å². The lowest BCUT2D eigenvalue weighted by Gasteiger charge is -2.46. The third-order valence-corrected chi connectivity index (χ3v) is 5.45. The van der Waals surface area contributed by atoms with Gasteiger partial charge in [0.05, 0.1) is 0 Å². The van der Waals surface area contributed by atoms with Crippen molar-refractivity contribution in [3.63, 3.8) is 0 Å². The zero-order valence-electron chi connectivity index (χ0n) is 19.0. The molecule has 1 amide bonds. The molecular formula is C22H47N3O. The Labute approximate surface area is 163 Å². The maximum Gasteiger partial charge on any atom is 0.216 e. The van der Waals surface area contributed by atoms with E-state index in [1.54, 1.807) is 6.92 Å². The van der Waals surface area contributed by atoms with Gasteiger partial charge in [0.25, 0.3) is 0 Å². The molecule has 1 heterocycles. The molecule has 1 saturated heterocycles. The van der Waals surface area contributed by atoms with Gasteiger partial charge in [0, 0.05) is 25.6 Å². The molecule has 0 radical (unpaired) electrons. The van der Waals surface area contributed by atoms with Crippen molar-refractivity contribution in [2.45, 2.75) is 92.5 Å². The zero-order chi connectivity index (χ0) is 20.2. The summed E-state index contributed by atoms with van der Waals surface area (Å²) in [5, 5.41) is 6.23. The summed E-state index contributed by atoms with van der Waals surface area (Å²) in [5.41, 5.74) is 0.607. The van der Waals surface area contributed by atoms with Crippen LogP contribution in [0, 0.1) is 11.3 Å². The van der Waals surface area contributed by atoms with Crippen molar-refractivity contribution in [1.29, 1.82) is 0 Å². The quantitative estimate of drug-likeness (QED) is 0.559. The van der Waals surface area contributed by atoms with E-state index in [0.29, 0.717) is 5.41 Å². The van der Waals surface area contributed by atoms with E-state index in [9.17, 15) is 4.79 Å². The van der Waals surface area contributed by atoms with E-state index in [4.69, 9.17) is 0 Å². The number of unbranched alkanes of at least 4 members (excludes halogenated alkanes) is 1. The summed E-state index contributed by atoms with van der Waals surface area (Å²) in [5.74, 6) is 0.964. The maximum atomic E-state index is 10.9. The molecule has 0 aromatic heterocycles. The van der Waals surface area contributed by atoms with Gasteiger partial charge in [-0.05, 0) is 71.0 Å². The Morgan fingerprint density at radius 2 is 1.65 bits per heavy atom. The Kier molecular flexibility index (Phi) is 12.4. The molecule has 4 nitrogen and oxygen atoms in total. The number of nitrogens with zero attached hydrogens (tertiary/aromatic N) is 1. The molecule has 0 atom stereocenters. The van der Waals surface area contributed by atoms with E-state index in [2.05, 4.69) is 43.2 Å². The predicted molar refractivity (Wildman–Crippen MR) is 115 cm³/mol. The van der Waals surface area contributed by atoms with Gasteiger partial charge in [0.1, 0.15) is 0 Å². The van der Waals surface area contributed by atoms with Crippen LogP contribution in [-0.4, -0.2) is 49.6 Å². The molecule has 0 bridgehead atoms. The van der Waals surface area contributed by atoms with E-state index in [1.807, 2.05) is 20.9 Å². The van der Waals surface area contributed by atoms with Crippen LogP contribution in [0.5, 0.6) is 0 Å². The van der Waals surface area contributed by atoms with Crippen LogP contribution in [0.2, 0.25) is 0 Å². The zero-order valence-corrected chi connectivity index (χ0v) is 19.0. The summed E-state index contributed by atoms with van der Waals surface area (Å²) >= 11 is 0. The second-order valence-electron chi connectivity index (χ2n) is 9.09. The molecule has 1 aliphatic rings. The fourth-order valence-electron chi connectivity index (χ4n) is 4.47. The molecule has 26 heavy (non-hydrogen) atoms. The van der Waals surface area contributed by atoms with Gasteiger partial charge in [-0.15, -0.1) is 0 Å². The van der Waals surface area contributed by atoms with Gasteiger partial charge < -0.3 is 10.6 Å². The van der Waals surface area contributed by atoms with Gasteiger partial charge in [0.15, 0.2) is 0 Å². The molecule has 1 fully saturated rings. The molecule has 0 saturated carbocycles. The Morgan fingerprint density at radius 3 is 2.15 bits per heavy atom. The minimum atomic E-state index is 0.0896. The minimum Gasteiger partial charge on any atom is -0.356 e. The number of hydrogen-bond acceptors (Lipinski definition) is 3. The largest absolute Gasteiger partial charge is 0.356 e. The summed E-state index contributed by atoms with van der Waals surface area (Å²) in [7, 11) is 2.05. The first-order chi connectivity index (χ1) is 12.2. The molecule has 2 N–H and O–H groups in total. The minimum absolute atomic E-state index is 0.0896. The van der Waals surface area contributed by atoms with Crippen LogP contribution in [-0.2, 0) is 4.79 Å². The van der Waals surface area contributed by atoms with Crippen molar-refractivity contribution >= 4 is 5.91 Å². The number of nitrogens with one attached hydrogen (secondary N) is 2. The summed E-state index contributed by atoms with van der Waals surface area (Å²) in [4.78, 5) is 13.6. The standard InChI is InChI=1S/C20H41N3O.C2H6/c1-17(24)22-12-8-7-9-18-10-13-23(14-11-18)20(4,5)15-19(2,3)16-21-6;1-2/h18,21H,7-16H2,1-6H3,(H,22,24);1-2H3. The summed E-state index contributed by atoms with van der Waals surface area (Å²) in [6, 6.07) is 0. The van der Waals surface area contributed by atoms with Crippen LogP contribution >= 0.6 is 0 Å². The van der Waals surface area contributed by atoms with Crippen molar-refractivity contribution in [2.75, 3.05) is 33.2 Å². The first kappa shape index (κ1) is 25.4. The summed E-state index contributed by atoms with van der Waals surface area (Å²) in [6.45, 7) is 19.5. The lowest BCUT2D eigenvalue weighted by atomic mass is 9.78. The number of piperidine rings is 1. The third kappa shape index (κ3) is 10.5. The highest BCUT2D eigenvalue weighted by molar-refractivity contribution is 5.72. The lowest BCUT2D eigenvalue weighted by molar-refractivity contribution is -0.118. The summed E-state index contributed by atoms with van der Waals surface area (Å²) in [6.07, 6.45) is 7.56. The molecule has 0 spiro atoms. The van der Waals surface area contributed by atoms with Crippen LogP contribution in [0.3, 0.4) is 0 Å². The maximum absolute atomic E-state index is 10.9. The third-order valence-electron chi connectivity index (χ3n) is 5.45. The molecule has 0 aromatic carbocycles. The molecule has 0 aromatic rings. The topological polar surface area (TPSA) is 44.4 Å². The highest BCUT2D eigenvalue weighted by Crippen LogP contribution is 2.34. The van der Waals surface area contributed by atoms with Gasteiger partial charge in [-0.3, -0.25) is 9.69 Å². The van der Waals surface area contributed by atoms with Gasteiger partial charge in [0.2, 0.25) is 5.91 Å². The Morgan fingerprint density at radius 1 is 1.08 bits per heavy atom. The monoisotopic (exact) mass is 369 g/mol. The molecule has 0 aliphatic carbocycles. The number of rotatable bonds is 10. The smallest absolute Gasteiger partial charge is 0.216 e. The highest BCUT2D eigenvalue weighted by Gasteiger charge is 2.35. The summed E-state index contributed by atoms with van der Waals surface area (Å²) < 4.78 is 0. The van der Waals surface area contributed by atoms with Crippen LogP contribution in [0.15, 0.2) is 0 Å². The SMILES string of the molecule is CC.CNCC(C)(C)CC(C)(C)N1CCC(CCCCNC(C)=O)CC1. The number of carbonyl (C=O) groups is 1. The van der Waals surface area contributed by atoms with Crippen molar-refractivity contribution in [3.05, 3.63) is 0 Å². The Bertz CT molecular complexity index is 372. The van der Waals surface area contributed by atoms with E-state index in [1.165, 1.54) is 45.2 Å². The molecular weight excluding hydrogens is 322 g/mol. The molecule has 4 heteroatoms. The second-order valence-corrected chi connectivity index (χ2v) is 9.09. The van der Waals surface area contributed by atoms with E-state index >= 15 is 0 Å². The van der Waals surface area contributed by atoms with E-state index in [-0.39, 0.29) is 11.4 Å². The molecule has 1 rings (SSSR count). The Hall–Kier alpha value is -0.610. The van der Waals surface area contributed by atoms with E-state index < -0.39 is 0 Å². The van der Waals surface area contributed by atoms with Crippen LogP contribution < -0.4 is 10.6 Å². The van der Waals surface area contributed by atoms with E-state index in [0.717, 1.165) is 25.4 Å². The highest BCUT2D eigenvalue weighted by atomic mass is 16.1. The molecule has 1 aliphatic heterocycles. The number of amides is 1. The van der Waals surface area contributed by atoms with Crippen LogP contribution in [0.4, 0.5) is 0 Å². The van der Waals surface area contributed by atoms with Gasteiger partial charge >= 0.3 is 0 Å². The van der Waals surface area contributed by atoms with Crippen LogP contribution in [0.1, 0.15) is 87.0 Å². The predicted octanol–water partition coefficient (Wildman–Crippen LogP) is 4.45. The Balaban J connectivity index is 0.00000301. The fourth-order valence-corrected chi connectivity index (χ4v) is 4.47. The van der Waals surface area contributed by atoms with Crippen molar-refractivity contribution < 1.29 is 4.79 Å². The molecule has 156 valence electrons. The second kappa shape index (κ2) is 12.7. The average molecular weight is 370 g/mol. The fraction of sp³-hybridized carbons (Fsp3) is 0.955. The normalized spacial score (nSPS) is 16.8. The lowest BCUT2D eigenvalue weighted by Crippen LogP contribution is -2.51. The van der Waals surface area contributed by atoms with Gasteiger partial charge in [-0.1, -0.05) is 40.5 Å². The average Bonchev–Trinajstić information content (AvgIpc) is 2.55. The first-order valence-corrected chi connectivity index (χ1v) is 10.8. The molecule has 0 unspecified atom stereocenters. The van der Waals surface area contributed by atoms with Crippen LogP contribution in [0.25, 0.3) is 0 Å². The number of hydrogen-bond donors (Lipinski definition) is 2. The van der Waals surface area contributed by atoms with Crippen molar-refractivity contribution in [1.82, 2.24) is 15.5 Å². The van der Waals surface area contributed by atoms with Crippen molar-refractivity contribution in [3.8, 4) is 0 Å². The van der Waals surface area contributed by atoms with Gasteiger partial charge in [-0.2, -0.15) is 0 Å². The van der Waals surface area contributed by atoms with Crippen molar-refractivity contribution in [2.24, 2.45) is 11.3 Å².